The molecule has 0 saturated carbocycles. The van der Waals surface area contributed by atoms with Crippen molar-refractivity contribution in [2.75, 3.05) is 13.1 Å². The topological polar surface area (TPSA) is 32.3 Å². The third-order valence-corrected chi connectivity index (χ3v) is 4.59. The Morgan fingerprint density at radius 2 is 2.17 bits per heavy atom. The number of rotatable bonds is 1. The number of nitrogens with one attached hydrogen (secondary N) is 1. The fraction of sp³-hybridized carbons (Fsp3) is 0.500. The highest BCUT2D eigenvalue weighted by Gasteiger charge is 2.29. The Labute approximate surface area is 122 Å². The molecule has 1 N–H and O–H groups in total. The minimum absolute atomic E-state index is 0.156. The zero-order valence-corrected chi connectivity index (χ0v) is 13.2. The molecule has 2 unspecified atom stereocenters. The van der Waals surface area contributed by atoms with E-state index in [1.54, 1.807) is 0 Å². The van der Waals surface area contributed by atoms with Crippen LogP contribution in [0.15, 0.2) is 18.2 Å². The van der Waals surface area contributed by atoms with Crippen LogP contribution >= 0.6 is 22.6 Å². The van der Waals surface area contributed by atoms with Gasteiger partial charge in [0.15, 0.2) is 0 Å². The molecule has 98 valence electrons. The van der Waals surface area contributed by atoms with Crippen molar-refractivity contribution in [1.82, 2.24) is 10.2 Å². The molecule has 0 bridgehead atoms. The van der Waals surface area contributed by atoms with Gasteiger partial charge < -0.3 is 10.2 Å². The lowest BCUT2D eigenvalue weighted by Crippen LogP contribution is -2.57. The molecule has 2 rings (SSSR count). The van der Waals surface area contributed by atoms with Crippen molar-refractivity contribution in [3.05, 3.63) is 32.9 Å². The summed E-state index contributed by atoms with van der Waals surface area (Å²) in [7, 11) is 0. The van der Waals surface area contributed by atoms with Crippen molar-refractivity contribution in [2.45, 2.75) is 32.9 Å². The van der Waals surface area contributed by atoms with Crippen LogP contribution in [0.5, 0.6) is 0 Å². The van der Waals surface area contributed by atoms with Gasteiger partial charge in [0.1, 0.15) is 0 Å². The minimum Gasteiger partial charge on any atom is -0.333 e. The summed E-state index contributed by atoms with van der Waals surface area (Å²) in [5.41, 5.74) is 1.96. The number of hydrogen-bond acceptors (Lipinski definition) is 2. The fourth-order valence-corrected chi connectivity index (χ4v) is 2.87. The second-order valence-corrected chi connectivity index (χ2v) is 6.13. The molecule has 1 aromatic rings. The normalized spacial score (nSPS) is 24.1. The lowest BCUT2D eigenvalue weighted by molar-refractivity contribution is 0.0602. The molecule has 0 aliphatic carbocycles. The number of amides is 1. The van der Waals surface area contributed by atoms with E-state index < -0.39 is 0 Å². The van der Waals surface area contributed by atoms with Crippen LogP contribution in [0.3, 0.4) is 0 Å². The predicted octanol–water partition coefficient (Wildman–Crippen LogP) is 2.42. The average Bonchev–Trinajstić information content (AvgIpc) is 2.35. The number of hydrogen-bond donors (Lipinski definition) is 1. The molecule has 1 aliphatic heterocycles. The largest absolute Gasteiger partial charge is 0.333 e. The average molecular weight is 358 g/mol. The first-order valence-electron chi connectivity index (χ1n) is 6.31. The van der Waals surface area contributed by atoms with Gasteiger partial charge in [0.05, 0.1) is 5.56 Å². The monoisotopic (exact) mass is 358 g/mol. The molecule has 4 heteroatoms. The molecule has 1 heterocycles. The van der Waals surface area contributed by atoms with Crippen LogP contribution in [-0.4, -0.2) is 36.0 Å². The zero-order chi connectivity index (χ0) is 13.3. The zero-order valence-electron chi connectivity index (χ0n) is 11.0. The van der Waals surface area contributed by atoms with Gasteiger partial charge in [-0.05, 0) is 55.5 Å². The Balaban J connectivity index is 2.27. The van der Waals surface area contributed by atoms with Gasteiger partial charge in [0.25, 0.3) is 5.91 Å². The summed E-state index contributed by atoms with van der Waals surface area (Å²) >= 11 is 2.24. The fourth-order valence-electron chi connectivity index (χ4n) is 2.30. The van der Waals surface area contributed by atoms with Crippen LogP contribution in [0.2, 0.25) is 0 Å². The highest BCUT2D eigenvalue weighted by molar-refractivity contribution is 14.1. The maximum atomic E-state index is 12.6. The second-order valence-electron chi connectivity index (χ2n) is 4.97. The summed E-state index contributed by atoms with van der Waals surface area (Å²) in [5.74, 6) is 0.156. The lowest BCUT2D eigenvalue weighted by atomic mass is 10.0. The number of piperazine rings is 1. The maximum Gasteiger partial charge on any atom is 0.255 e. The van der Waals surface area contributed by atoms with E-state index in [2.05, 4.69) is 41.8 Å². The second kappa shape index (κ2) is 5.57. The lowest BCUT2D eigenvalue weighted by Gasteiger charge is -2.38. The number of aryl methyl sites for hydroxylation is 1. The summed E-state index contributed by atoms with van der Waals surface area (Å²) in [4.78, 5) is 14.6. The van der Waals surface area contributed by atoms with E-state index in [4.69, 9.17) is 0 Å². The minimum atomic E-state index is 0.156. The molecule has 0 aromatic heterocycles. The van der Waals surface area contributed by atoms with Crippen LogP contribution in [0, 0.1) is 10.5 Å². The molecule has 1 aliphatic rings. The van der Waals surface area contributed by atoms with Crippen molar-refractivity contribution in [3.8, 4) is 0 Å². The molecule has 0 spiro atoms. The molecule has 1 amide bonds. The first kappa shape index (κ1) is 13.8. The molecule has 0 radical (unpaired) electrons. The molecular weight excluding hydrogens is 339 g/mol. The van der Waals surface area contributed by atoms with E-state index in [-0.39, 0.29) is 11.9 Å². The van der Waals surface area contributed by atoms with Gasteiger partial charge in [-0.15, -0.1) is 0 Å². The van der Waals surface area contributed by atoms with Gasteiger partial charge in [0, 0.05) is 28.7 Å². The van der Waals surface area contributed by atoms with Crippen LogP contribution in [0.4, 0.5) is 0 Å². The van der Waals surface area contributed by atoms with Gasteiger partial charge in [-0.25, -0.2) is 0 Å². The first-order valence-corrected chi connectivity index (χ1v) is 7.39. The number of nitrogens with zero attached hydrogens (tertiary/aromatic N) is 1. The third kappa shape index (κ3) is 2.69. The van der Waals surface area contributed by atoms with E-state index in [0.717, 1.165) is 27.8 Å². The van der Waals surface area contributed by atoms with E-state index >= 15 is 0 Å². The molecule has 1 fully saturated rings. The Morgan fingerprint density at radius 1 is 1.44 bits per heavy atom. The quantitative estimate of drug-likeness (QED) is 0.783. The predicted molar refractivity (Wildman–Crippen MR) is 81.9 cm³/mol. The Morgan fingerprint density at radius 3 is 2.89 bits per heavy atom. The van der Waals surface area contributed by atoms with Crippen LogP contribution < -0.4 is 5.32 Å². The third-order valence-electron chi connectivity index (χ3n) is 3.65. The van der Waals surface area contributed by atoms with Gasteiger partial charge in [-0.2, -0.15) is 0 Å². The molecule has 18 heavy (non-hydrogen) atoms. The van der Waals surface area contributed by atoms with E-state index in [1.807, 2.05) is 30.0 Å². The molecule has 1 saturated heterocycles. The molecular formula is C14H19IN2O. The summed E-state index contributed by atoms with van der Waals surface area (Å²) in [5, 5.41) is 3.40. The SMILES string of the molecule is Cc1ccc(I)c(C(=O)N2CCNC(C)C2C)c1. The number of benzene rings is 1. The Hall–Kier alpha value is -0.620. The molecule has 3 nitrogen and oxygen atoms in total. The summed E-state index contributed by atoms with van der Waals surface area (Å²) in [6.07, 6.45) is 0. The Kier molecular flexibility index (Phi) is 4.27. The van der Waals surface area contributed by atoms with Crippen LogP contribution in [0.25, 0.3) is 0 Å². The standard InChI is InChI=1S/C14H19IN2O/c1-9-4-5-13(15)12(8-9)14(18)17-7-6-16-10(2)11(17)3/h4-5,8,10-11,16H,6-7H2,1-3H3. The Bertz CT molecular complexity index is 461. The molecule has 2 atom stereocenters. The summed E-state index contributed by atoms with van der Waals surface area (Å²) in [6, 6.07) is 6.64. The maximum absolute atomic E-state index is 12.6. The van der Waals surface area contributed by atoms with Crippen molar-refractivity contribution in [3.63, 3.8) is 0 Å². The van der Waals surface area contributed by atoms with Crippen molar-refractivity contribution in [1.29, 1.82) is 0 Å². The van der Waals surface area contributed by atoms with Crippen molar-refractivity contribution < 1.29 is 4.79 Å². The number of halogens is 1. The van der Waals surface area contributed by atoms with Crippen molar-refractivity contribution >= 4 is 28.5 Å². The van der Waals surface area contributed by atoms with Gasteiger partial charge >= 0.3 is 0 Å². The summed E-state index contributed by atoms with van der Waals surface area (Å²) < 4.78 is 1.03. The highest BCUT2D eigenvalue weighted by Crippen LogP contribution is 2.19. The van der Waals surface area contributed by atoms with E-state index in [0.29, 0.717) is 6.04 Å². The molecule has 1 aromatic carbocycles. The highest BCUT2D eigenvalue weighted by atomic mass is 127. The smallest absolute Gasteiger partial charge is 0.255 e. The van der Waals surface area contributed by atoms with Crippen LogP contribution in [-0.2, 0) is 0 Å². The number of carbonyl (C=O) groups is 1. The van der Waals surface area contributed by atoms with Gasteiger partial charge in [-0.3, -0.25) is 4.79 Å². The van der Waals surface area contributed by atoms with Gasteiger partial charge in [-0.1, -0.05) is 11.6 Å². The van der Waals surface area contributed by atoms with E-state index in [9.17, 15) is 4.79 Å². The number of carbonyl (C=O) groups excluding carboxylic acids is 1. The van der Waals surface area contributed by atoms with Crippen LogP contribution in [0.1, 0.15) is 29.8 Å². The summed E-state index contributed by atoms with van der Waals surface area (Å²) in [6.45, 7) is 7.92. The van der Waals surface area contributed by atoms with Crippen molar-refractivity contribution in [2.24, 2.45) is 0 Å². The van der Waals surface area contributed by atoms with Gasteiger partial charge in [0.2, 0.25) is 0 Å². The first-order chi connectivity index (χ1) is 8.50. The van der Waals surface area contributed by atoms with E-state index in [1.165, 1.54) is 0 Å².